The topological polar surface area (TPSA) is 93.1 Å². The first kappa shape index (κ1) is 16.2. The molecular formula is C14H18N4O3S. The fourth-order valence-electron chi connectivity index (χ4n) is 2.00. The van der Waals surface area contributed by atoms with Gasteiger partial charge in [0.05, 0.1) is 10.6 Å². The number of aromatic nitrogens is 2. The number of hydrogen-bond donors (Lipinski definition) is 2. The van der Waals surface area contributed by atoms with Crippen molar-refractivity contribution in [2.24, 2.45) is 7.05 Å². The molecule has 2 N–H and O–H groups in total. The van der Waals surface area contributed by atoms with E-state index < -0.39 is 10.0 Å². The van der Waals surface area contributed by atoms with E-state index in [1.807, 2.05) is 6.92 Å². The van der Waals surface area contributed by atoms with Gasteiger partial charge in [0.25, 0.3) is 0 Å². The molecule has 0 aliphatic carbocycles. The van der Waals surface area contributed by atoms with Crippen LogP contribution < -0.4 is 10.0 Å². The van der Waals surface area contributed by atoms with Crippen molar-refractivity contribution in [1.82, 2.24) is 14.5 Å². The second-order valence-electron chi connectivity index (χ2n) is 4.94. The monoisotopic (exact) mass is 322 g/mol. The standard InChI is InChI=1S/C14H18N4O3S/c1-10-12(9-18(3)17-10)8-15-22(20,21)14-6-4-13(5-7-14)16-11(2)19/h4-7,9,15H,8H2,1-3H3,(H,16,19). The average molecular weight is 322 g/mol. The van der Waals surface area contributed by atoms with E-state index in [4.69, 9.17) is 0 Å². The van der Waals surface area contributed by atoms with Crippen molar-refractivity contribution in [3.8, 4) is 0 Å². The maximum atomic E-state index is 12.2. The lowest BCUT2D eigenvalue weighted by atomic mass is 10.3. The molecule has 0 bridgehead atoms. The van der Waals surface area contributed by atoms with Crippen LogP contribution >= 0.6 is 0 Å². The Labute approximate surface area is 129 Å². The van der Waals surface area contributed by atoms with Gasteiger partial charge in [-0.2, -0.15) is 5.10 Å². The summed E-state index contributed by atoms with van der Waals surface area (Å²) in [6.45, 7) is 3.39. The SMILES string of the molecule is CC(=O)Nc1ccc(S(=O)(=O)NCc2cn(C)nc2C)cc1. The van der Waals surface area contributed by atoms with Crippen molar-refractivity contribution >= 4 is 21.6 Å². The molecule has 22 heavy (non-hydrogen) atoms. The summed E-state index contributed by atoms with van der Waals surface area (Å²) in [6, 6.07) is 5.99. The Morgan fingerprint density at radius 2 is 1.91 bits per heavy atom. The van der Waals surface area contributed by atoms with Crippen LogP contribution in [0.1, 0.15) is 18.2 Å². The highest BCUT2D eigenvalue weighted by Gasteiger charge is 2.15. The molecule has 7 nitrogen and oxygen atoms in total. The van der Waals surface area contributed by atoms with E-state index in [0.29, 0.717) is 5.69 Å². The van der Waals surface area contributed by atoms with E-state index in [-0.39, 0.29) is 17.3 Å². The fraction of sp³-hybridized carbons (Fsp3) is 0.286. The van der Waals surface area contributed by atoms with Crippen LogP contribution in [0.2, 0.25) is 0 Å². The summed E-state index contributed by atoms with van der Waals surface area (Å²) in [5.41, 5.74) is 2.15. The van der Waals surface area contributed by atoms with Crippen LogP contribution in [0, 0.1) is 6.92 Å². The van der Waals surface area contributed by atoms with E-state index in [9.17, 15) is 13.2 Å². The van der Waals surface area contributed by atoms with E-state index in [1.165, 1.54) is 19.1 Å². The molecule has 0 saturated heterocycles. The molecule has 0 fully saturated rings. The van der Waals surface area contributed by atoms with E-state index in [2.05, 4.69) is 15.1 Å². The van der Waals surface area contributed by atoms with Gasteiger partial charge in [0.15, 0.2) is 0 Å². The maximum Gasteiger partial charge on any atom is 0.240 e. The van der Waals surface area contributed by atoms with Crippen molar-refractivity contribution in [2.75, 3.05) is 5.32 Å². The lowest BCUT2D eigenvalue weighted by Gasteiger charge is -2.07. The predicted octanol–water partition coefficient (Wildman–Crippen LogP) is 1.17. The van der Waals surface area contributed by atoms with Crippen molar-refractivity contribution in [2.45, 2.75) is 25.3 Å². The van der Waals surface area contributed by atoms with Gasteiger partial charge in [-0.25, -0.2) is 13.1 Å². The number of benzene rings is 1. The Kier molecular flexibility index (Phi) is 4.62. The van der Waals surface area contributed by atoms with Crippen LogP contribution in [-0.4, -0.2) is 24.1 Å². The quantitative estimate of drug-likeness (QED) is 0.864. The number of aryl methyl sites for hydroxylation is 2. The number of sulfonamides is 1. The minimum absolute atomic E-state index is 0.142. The van der Waals surface area contributed by atoms with Gasteiger partial charge in [0.1, 0.15) is 0 Å². The highest BCUT2D eigenvalue weighted by atomic mass is 32.2. The Bertz CT molecular complexity index is 779. The zero-order chi connectivity index (χ0) is 16.3. The summed E-state index contributed by atoms with van der Waals surface area (Å²) < 4.78 is 28.6. The van der Waals surface area contributed by atoms with Crippen LogP contribution in [0.15, 0.2) is 35.4 Å². The van der Waals surface area contributed by atoms with Crippen molar-refractivity contribution in [1.29, 1.82) is 0 Å². The minimum atomic E-state index is -3.61. The van der Waals surface area contributed by atoms with Gasteiger partial charge < -0.3 is 5.32 Å². The smallest absolute Gasteiger partial charge is 0.240 e. The van der Waals surface area contributed by atoms with Crippen LogP contribution in [0.25, 0.3) is 0 Å². The van der Waals surface area contributed by atoms with Crippen molar-refractivity contribution in [3.05, 3.63) is 41.7 Å². The highest BCUT2D eigenvalue weighted by molar-refractivity contribution is 7.89. The van der Waals surface area contributed by atoms with Gasteiger partial charge in [-0.1, -0.05) is 0 Å². The second-order valence-corrected chi connectivity index (χ2v) is 6.71. The zero-order valence-electron chi connectivity index (χ0n) is 12.6. The molecule has 0 unspecified atom stereocenters. The Hall–Kier alpha value is -2.19. The summed E-state index contributed by atoms with van der Waals surface area (Å²) in [6.07, 6.45) is 1.78. The number of hydrogen-bond acceptors (Lipinski definition) is 4. The number of nitrogens with zero attached hydrogens (tertiary/aromatic N) is 2. The van der Waals surface area contributed by atoms with Crippen LogP contribution in [0.5, 0.6) is 0 Å². The van der Waals surface area contributed by atoms with Crippen molar-refractivity contribution in [3.63, 3.8) is 0 Å². The molecule has 0 atom stereocenters. The van der Waals surface area contributed by atoms with E-state index in [1.54, 1.807) is 30.1 Å². The van der Waals surface area contributed by atoms with E-state index >= 15 is 0 Å². The molecule has 0 aliphatic heterocycles. The number of carbonyl (C=O) groups is 1. The van der Waals surface area contributed by atoms with Gasteiger partial charge in [0.2, 0.25) is 15.9 Å². The van der Waals surface area contributed by atoms with Crippen LogP contribution in [0.4, 0.5) is 5.69 Å². The third-order valence-electron chi connectivity index (χ3n) is 3.05. The predicted molar refractivity (Wildman–Crippen MR) is 82.7 cm³/mol. The molecule has 1 aromatic carbocycles. The highest BCUT2D eigenvalue weighted by Crippen LogP contribution is 2.15. The van der Waals surface area contributed by atoms with E-state index in [0.717, 1.165) is 11.3 Å². The molecule has 0 aliphatic rings. The number of nitrogens with one attached hydrogen (secondary N) is 2. The normalized spacial score (nSPS) is 11.4. The Morgan fingerprint density at radius 3 is 2.41 bits per heavy atom. The fourth-order valence-corrected chi connectivity index (χ4v) is 3.01. The van der Waals surface area contributed by atoms with Gasteiger partial charge in [-0.05, 0) is 31.2 Å². The number of rotatable bonds is 5. The first-order valence-corrected chi connectivity index (χ1v) is 8.13. The third kappa shape index (κ3) is 3.92. The van der Waals surface area contributed by atoms with Crippen LogP contribution in [0.3, 0.4) is 0 Å². The minimum Gasteiger partial charge on any atom is -0.326 e. The largest absolute Gasteiger partial charge is 0.326 e. The molecule has 2 rings (SSSR count). The average Bonchev–Trinajstić information content (AvgIpc) is 2.75. The first-order valence-electron chi connectivity index (χ1n) is 6.64. The Balaban J connectivity index is 2.09. The summed E-state index contributed by atoms with van der Waals surface area (Å²) in [7, 11) is -1.83. The lowest BCUT2D eigenvalue weighted by molar-refractivity contribution is -0.114. The van der Waals surface area contributed by atoms with Gasteiger partial charge >= 0.3 is 0 Å². The number of amides is 1. The molecule has 1 heterocycles. The second kappa shape index (κ2) is 6.29. The molecule has 118 valence electrons. The van der Waals surface area contributed by atoms with Gasteiger partial charge in [-0.15, -0.1) is 0 Å². The van der Waals surface area contributed by atoms with Gasteiger partial charge in [-0.3, -0.25) is 9.48 Å². The zero-order valence-corrected chi connectivity index (χ0v) is 13.4. The number of anilines is 1. The lowest BCUT2D eigenvalue weighted by Crippen LogP contribution is -2.23. The first-order chi connectivity index (χ1) is 10.3. The molecule has 0 spiro atoms. The van der Waals surface area contributed by atoms with Crippen molar-refractivity contribution < 1.29 is 13.2 Å². The van der Waals surface area contributed by atoms with Crippen LogP contribution in [-0.2, 0) is 28.4 Å². The molecule has 8 heteroatoms. The molecule has 0 radical (unpaired) electrons. The maximum absolute atomic E-state index is 12.2. The molecule has 1 amide bonds. The Morgan fingerprint density at radius 1 is 1.27 bits per heavy atom. The molecule has 2 aromatic rings. The molecule has 1 aromatic heterocycles. The third-order valence-corrected chi connectivity index (χ3v) is 4.47. The summed E-state index contributed by atoms with van der Waals surface area (Å²) in [4.78, 5) is 11.1. The summed E-state index contributed by atoms with van der Waals surface area (Å²) >= 11 is 0. The van der Waals surface area contributed by atoms with Gasteiger partial charge in [0, 0.05) is 38.0 Å². The summed E-state index contributed by atoms with van der Waals surface area (Å²) in [5.74, 6) is -0.208. The summed E-state index contributed by atoms with van der Waals surface area (Å²) in [5, 5.41) is 6.75. The molecule has 0 saturated carbocycles. The number of carbonyl (C=O) groups excluding carboxylic acids is 1. The molecular weight excluding hydrogens is 304 g/mol.